The van der Waals surface area contributed by atoms with Crippen molar-refractivity contribution in [1.29, 1.82) is 0 Å². The Morgan fingerprint density at radius 3 is 1.00 bits per heavy atom. The van der Waals surface area contributed by atoms with Crippen LogP contribution in [0.1, 0.15) is 316 Å². The van der Waals surface area contributed by atoms with E-state index in [0.29, 0.717) is 25.9 Å². The van der Waals surface area contributed by atoms with E-state index in [0.717, 1.165) is 57.8 Å². The Morgan fingerprint density at radius 1 is 0.393 bits per heavy atom. The number of aliphatic hydroxyl groups excluding tert-OH is 2. The number of carbonyl (C=O) groups is 2. The number of esters is 1. The highest BCUT2D eigenvalue weighted by molar-refractivity contribution is 5.76. The van der Waals surface area contributed by atoms with Crippen LogP contribution >= 0.6 is 0 Å². The zero-order valence-electron chi connectivity index (χ0n) is 41.4. The monoisotopic (exact) mass is 864 g/mol. The summed E-state index contributed by atoms with van der Waals surface area (Å²) in [5, 5.41) is 23.3. The highest BCUT2D eigenvalue weighted by atomic mass is 16.5. The van der Waals surface area contributed by atoms with Crippen LogP contribution in [0.2, 0.25) is 0 Å². The van der Waals surface area contributed by atoms with Crippen molar-refractivity contribution in [3.8, 4) is 0 Å². The Bertz CT molecular complexity index is 867. The molecule has 6 nitrogen and oxygen atoms in total. The molecule has 0 aromatic carbocycles. The van der Waals surface area contributed by atoms with Crippen molar-refractivity contribution in [2.45, 2.75) is 328 Å². The van der Waals surface area contributed by atoms with Crippen LogP contribution < -0.4 is 5.32 Å². The molecule has 2 atom stereocenters. The first-order valence-corrected chi connectivity index (χ1v) is 27.8. The van der Waals surface area contributed by atoms with Gasteiger partial charge in [-0.05, 0) is 25.7 Å². The molecule has 0 aliphatic rings. The molecule has 1 amide bonds. The number of ether oxygens (including phenoxy) is 1. The molecular formula is C55H109NO5. The molecule has 61 heavy (non-hydrogen) atoms. The molecule has 364 valence electrons. The Kier molecular flexibility index (Phi) is 50.5. The van der Waals surface area contributed by atoms with Crippen LogP contribution in [0, 0.1) is 0 Å². The number of carbonyl (C=O) groups excluding carboxylic acids is 2. The topological polar surface area (TPSA) is 95.9 Å². The number of rotatable bonds is 52. The van der Waals surface area contributed by atoms with Crippen LogP contribution in [0.15, 0.2) is 0 Å². The van der Waals surface area contributed by atoms with Gasteiger partial charge in [0.2, 0.25) is 5.91 Å². The van der Waals surface area contributed by atoms with Crippen molar-refractivity contribution in [3.63, 3.8) is 0 Å². The third-order valence-electron chi connectivity index (χ3n) is 13.2. The average molecular weight is 864 g/mol. The van der Waals surface area contributed by atoms with Gasteiger partial charge < -0.3 is 20.3 Å². The van der Waals surface area contributed by atoms with Crippen LogP contribution in [0.25, 0.3) is 0 Å². The lowest BCUT2D eigenvalue weighted by Gasteiger charge is -2.22. The Morgan fingerprint density at radius 2 is 0.672 bits per heavy atom. The van der Waals surface area contributed by atoms with Crippen molar-refractivity contribution in [1.82, 2.24) is 5.32 Å². The smallest absolute Gasteiger partial charge is 0.305 e. The van der Waals surface area contributed by atoms with Gasteiger partial charge in [-0.1, -0.05) is 277 Å². The second-order valence-electron chi connectivity index (χ2n) is 19.3. The maximum absolute atomic E-state index is 12.5. The van der Waals surface area contributed by atoms with Gasteiger partial charge >= 0.3 is 5.97 Å². The highest BCUT2D eigenvalue weighted by Crippen LogP contribution is 2.18. The summed E-state index contributed by atoms with van der Waals surface area (Å²) < 4.78 is 5.46. The lowest BCUT2D eigenvalue weighted by atomic mass is 10.0. The van der Waals surface area contributed by atoms with Crippen LogP contribution in [-0.2, 0) is 14.3 Å². The molecule has 6 heteroatoms. The van der Waals surface area contributed by atoms with Crippen molar-refractivity contribution in [2.24, 2.45) is 0 Å². The molecule has 0 aliphatic carbocycles. The lowest BCUT2D eigenvalue weighted by Crippen LogP contribution is -2.45. The van der Waals surface area contributed by atoms with E-state index >= 15 is 0 Å². The number of unbranched alkanes of at least 4 members (excludes halogenated alkanes) is 41. The zero-order valence-corrected chi connectivity index (χ0v) is 41.4. The molecule has 0 aromatic heterocycles. The van der Waals surface area contributed by atoms with E-state index < -0.39 is 12.1 Å². The fourth-order valence-electron chi connectivity index (χ4n) is 8.88. The summed E-state index contributed by atoms with van der Waals surface area (Å²) in [6.45, 7) is 4.94. The first kappa shape index (κ1) is 59.9. The predicted molar refractivity (Wildman–Crippen MR) is 264 cm³/mol. The molecule has 0 saturated heterocycles. The average Bonchev–Trinajstić information content (AvgIpc) is 3.26. The molecule has 0 aromatic rings. The number of aliphatic hydroxyl groups is 2. The summed E-state index contributed by atoms with van der Waals surface area (Å²) in [4.78, 5) is 24.5. The first-order valence-electron chi connectivity index (χ1n) is 27.8. The normalized spacial score (nSPS) is 12.5. The van der Waals surface area contributed by atoms with E-state index in [1.807, 2.05) is 0 Å². The zero-order chi connectivity index (χ0) is 44.4. The second kappa shape index (κ2) is 51.5. The van der Waals surface area contributed by atoms with Gasteiger partial charge in [0.15, 0.2) is 0 Å². The van der Waals surface area contributed by atoms with Gasteiger partial charge in [0.05, 0.1) is 25.4 Å². The minimum atomic E-state index is -0.673. The molecule has 0 radical (unpaired) electrons. The van der Waals surface area contributed by atoms with Crippen LogP contribution in [-0.4, -0.2) is 47.4 Å². The maximum Gasteiger partial charge on any atom is 0.305 e. The number of hydrogen-bond acceptors (Lipinski definition) is 5. The van der Waals surface area contributed by atoms with Crippen LogP contribution in [0.3, 0.4) is 0 Å². The SMILES string of the molecule is CCCCCCCCCCCCCCCCCCCCCC(O)C(CO)NC(=O)CCCCCCCCCCCCCCOC(=O)CCCCCCCCCCCCCCC. The standard InChI is InChI=1S/C55H109NO5/c1-3-5-7-9-11-13-15-17-18-19-20-21-22-24-27-31-35-39-43-47-53(58)52(51-57)56-54(59)48-44-40-36-32-28-25-26-30-34-38-42-46-50-61-55(60)49-45-41-37-33-29-23-16-14-12-10-8-6-4-2/h52-53,57-58H,3-51H2,1-2H3,(H,56,59). The molecule has 0 bridgehead atoms. The fraction of sp³-hybridized carbons (Fsp3) is 0.964. The van der Waals surface area contributed by atoms with E-state index in [4.69, 9.17) is 4.74 Å². The van der Waals surface area contributed by atoms with Crippen molar-refractivity contribution in [3.05, 3.63) is 0 Å². The third kappa shape index (κ3) is 48.2. The summed E-state index contributed by atoms with van der Waals surface area (Å²) in [5.41, 5.74) is 0. The first-order chi connectivity index (χ1) is 30.0. The molecule has 2 unspecified atom stereocenters. The minimum Gasteiger partial charge on any atom is -0.466 e. The van der Waals surface area contributed by atoms with Crippen LogP contribution in [0.5, 0.6) is 0 Å². The molecule has 0 fully saturated rings. The fourth-order valence-corrected chi connectivity index (χ4v) is 8.88. The van der Waals surface area contributed by atoms with Gasteiger partial charge in [0.25, 0.3) is 0 Å². The lowest BCUT2D eigenvalue weighted by molar-refractivity contribution is -0.143. The van der Waals surface area contributed by atoms with Gasteiger partial charge in [0.1, 0.15) is 0 Å². The maximum atomic E-state index is 12.5. The molecule has 0 aliphatic heterocycles. The van der Waals surface area contributed by atoms with Crippen molar-refractivity contribution in [2.75, 3.05) is 13.2 Å². The highest BCUT2D eigenvalue weighted by Gasteiger charge is 2.20. The van der Waals surface area contributed by atoms with Crippen LogP contribution in [0.4, 0.5) is 0 Å². The van der Waals surface area contributed by atoms with Crippen molar-refractivity contribution < 1.29 is 24.5 Å². The second-order valence-corrected chi connectivity index (χ2v) is 19.3. The van der Waals surface area contributed by atoms with Gasteiger partial charge in [-0.3, -0.25) is 9.59 Å². The quantitative estimate of drug-likeness (QED) is 0.0418. The van der Waals surface area contributed by atoms with E-state index in [1.165, 1.54) is 225 Å². The Balaban J connectivity index is 3.44. The molecular weight excluding hydrogens is 755 g/mol. The van der Waals surface area contributed by atoms with E-state index in [-0.39, 0.29) is 18.5 Å². The Hall–Kier alpha value is -1.14. The largest absolute Gasteiger partial charge is 0.466 e. The van der Waals surface area contributed by atoms with Gasteiger partial charge in [-0.15, -0.1) is 0 Å². The van der Waals surface area contributed by atoms with Crippen molar-refractivity contribution >= 4 is 11.9 Å². The molecule has 3 N–H and O–H groups in total. The van der Waals surface area contributed by atoms with E-state index in [2.05, 4.69) is 19.2 Å². The molecule has 0 spiro atoms. The van der Waals surface area contributed by atoms with E-state index in [9.17, 15) is 19.8 Å². The van der Waals surface area contributed by atoms with E-state index in [1.54, 1.807) is 0 Å². The molecule has 0 rings (SSSR count). The predicted octanol–water partition coefficient (Wildman–Crippen LogP) is 16.7. The number of amides is 1. The summed E-state index contributed by atoms with van der Waals surface area (Å²) in [5.74, 6) is -0.0533. The third-order valence-corrected chi connectivity index (χ3v) is 13.2. The number of nitrogens with one attached hydrogen (secondary N) is 1. The Labute approximate surface area is 381 Å². The summed E-state index contributed by atoms with van der Waals surface area (Å²) in [6.07, 6.45) is 57.9. The minimum absolute atomic E-state index is 0.00653. The number of hydrogen-bond donors (Lipinski definition) is 3. The molecule has 0 heterocycles. The summed E-state index contributed by atoms with van der Waals surface area (Å²) in [6, 6.07) is -0.552. The van der Waals surface area contributed by atoms with Gasteiger partial charge in [0, 0.05) is 12.8 Å². The molecule has 0 saturated carbocycles. The van der Waals surface area contributed by atoms with Gasteiger partial charge in [-0.2, -0.15) is 0 Å². The summed E-state index contributed by atoms with van der Waals surface area (Å²) in [7, 11) is 0. The van der Waals surface area contributed by atoms with Gasteiger partial charge in [-0.25, -0.2) is 0 Å². The summed E-state index contributed by atoms with van der Waals surface area (Å²) >= 11 is 0.